The van der Waals surface area contributed by atoms with Gasteiger partial charge in [0.2, 0.25) is 0 Å². The summed E-state index contributed by atoms with van der Waals surface area (Å²) < 4.78 is 27.4. The van der Waals surface area contributed by atoms with Crippen LogP contribution in [0.25, 0.3) is 0 Å². The Morgan fingerprint density at radius 2 is 1.79 bits per heavy atom. The van der Waals surface area contributed by atoms with E-state index in [1.54, 1.807) is 44.2 Å². The number of rotatable bonds is 7. The van der Waals surface area contributed by atoms with E-state index in [-0.39, 0.29) is 13.1 Å². The molecule has 0 aliphatic carbocycles. The van der Waals surface area contributed by atoms with E-state index in [0.717, 1.165) is 0 Å². The highest BCUT2D eigenvalue weighted by molar-refractivity contribution is 7.87. The second-order valence-electron chi connectivity index (χ2n) is 3.89. The molecule has 0 bridgehead atoms. The molecular weight excluding hydrogens is 268 g/mol. The Labute approximate surface area is 113 Å². The molecule has 1 unspecified atom stereocenters. The van der Waals surface area contributed by atoms with E-state index in [1.807, 2.05) is 0 Å². The molecule has 19 heavy (non-hydrogen) atoms. The van der Waals surface area contributed by atoms with E-state index in [4.69, 9.17) is 0 Å². The summed E-state index contributed by atoms with van der Waals surface area (Å²) in [5.74, 6) is -1.23. The number of nitrogens with one attached hydrogen (secondary N) is 1. The SMILES string of the molecule is CCN(CC)S(=O)(=O)NC(C(=O)O)c1ccccc1. The first-order valence-electron chi connectivity index (χ1n) is 5.97. The van der Waals surface area contributed by atoms with Crippen LogP contribution in [0.5, 0.6) is 0 Å². The van der Waals surface area contributed by atoms with E-state index in [0.29, 0.717) is 5.56 Å². The molecule has 0 saturated heterocycles. The smallest absolute Gasteiger partial charge is 0.326 e. The van der Waals surface area contributed by atoms with Gasteiger partial charge in [-0.2, -0.15) is 17.4 Å². The van der Waals surface area contributed by atoms with Crippen LogP contribution < -0.4 is 4.72 Å². The number of carbonyl (C=O) groups is 1. The Balaban J connectivity index is 3.01. The molecule has 0 aliphatic rings. The van der Waals surface area contributed by atoms with Gasteiger partial charge in [0.1, 0.15) is 6.04 Å². The van der Waals surface area contributed by atoms with E-state index < -0.39 is 22.2 Å². The normalized spacial score (nSPS) is 13.4. The summed E-state index contributed by atoms with van der Waals surface area (Å²) in [5.41, 5.74) is 0.394. The fourth-order valence-corrected chi connectivity index (χ4v) is 3.06. The first-order chi connectivity index (χ1) is 8.92. The Morgan fingerprint density at radius 1 is 1.26 bits per heavy atom. The van der Waals surface area contributed by atoms with Crippen LogP contribution in [0.3, 0.4) is 0 Å². The highest BCUT2D eigenvalue weighted by atomic mass is 32.2. The molecule has 0 radical (unpaired) electrons. The zero-order chi connectivity index (χ0) is 14.5. The van der Waals surface area contributed by atoms with Gasteiger partial charge >= 0.3 is 5.97 Å². The lowest BCUT2D eigenvalue weighted by molar-refractivity contribution is -0.139. The first-order valence-corrected chi connectivity index (χ1v) is 7.41. The molecule has 0 saturated carbocycles. The van der Waals surface area contributed by atoms with Crippen LogP contribution in [-0.4, -0.2) is 36.9 Å². The van der Waals surface area contributed by atoms with E-state index in [9.17, 15) is 18.3 Å². The average Bonchev–Trinajstić information content (AvgIpc) is 2.38. The number of carboxylic acids is 1. The summed E-state index contributed by atoms with van der Waals surface area (Å²) in [5, 5.41) is 9.17. The maximum atomic E-state index is 12.0. The van der Waals surface area contributed by atoms with Gasteiger partial charge in [0.05, 0.1) is 0 Å². The highest BCUT2D eigenvalue weighted by Gasteiger charge is 2.28. The zero-order valence-electron chi connectivity index (χ0n) is 10.9. The predicted octanol–water partition coefficient (Wildman–Crippen LogP) is 0.989. The van der Waals surface area contributed by atoms with Gasteiger partial charge in [0.25, 0.3) is 10.2 Å². The molecule has 7 heteroatoms. The van der Waals surface area contributed by atoms with Crippen molar-refractivity contribution in [2.45, 2.75) is 19.9 Å². The molecule has 2 N–H and O–H groups in total. The topological polar surface area (TPSA) is 86.7 Å². The number of aliphatic carboxylic acids is 1. The predicted molar refractivity (Wildman–Crippen MR) is 71.8 cm³/mol. The summed E-state index contributed by atoms with van der Waals surface area (Å²) in [6, 6.07) is 6.93. The molecule has 106 valence electrons. The van der Waals surface area contributed by atoms with Crippen molar-refractivity contribution in [2.75, 3.05) is 13.1 Å². The summed E-state index contributed by atoms with van der Waals surface area (Å²) >= 11 is 0. The summed E-state index contributed by atoms with van der Waals surface area (Å²) in [7, 11) is -3.81. The molecule has 1 aromatic rings. The lowest BCUT2D eigenvalue weighted by atomic mass is 10.1. The molecule has 1 rings (SSSR count). The van der Waals surface area contributed by atoms with Crippen LogP contribution in [0.4, 0.5) is 0 Å². The van der Waals surface area contributed by atoms with E-state index >= 15 is 0 Å². The highest BCUT2D eigenvalue weighted by Crippen LogP contribution is 2.15. The van der Waals surface area contributed by atoms with Crippen molar-refractivity contribution < 1.29 is 18.3 Å². The summed E-state index contributed by atoms with van der Waals surface area (Å²) in [6.45, 7) is 3.96. The monoisotopic (exact) mass is 286 g/mol. The van der Waals surface area contributed by atoms with Crippen LogP contribution in [0, 0.1) is 0 Å². The molecule has 6 nitrogen and oxygen atoms in total. The van der Waals surface area contributed by atoms with Gasteiger partial charge in [0.15, 0.2) is 0 Å². The number of carboxylic acid groups (broad SMARTS) is 1. The lowest BCUT2D eigenvalue weighted by Gasteiger charge is -2.22. The van der Waals surface area contributed by atoms with Gasteiger partial charge < -0.3 is 5.11 Å². The van der Waals surface area contributed by atoms with Crippen molar-refractivity contribution in [2.24, 2.45) is 0 Å². The van der Waals surface area contributed by atoms with Crippen molar-refractivity contribution in [1.82, 2.24) is 9.03 Å². The molecule has 0 aromatic heterocycles. The van der Waals surface area contributed by atoms with Crippen LogP contribution in [0.15, 0.2) is 30.3 Å². The second-order valence-corrected chi connectivity index (χ2v) is 5.59. The Kier molecular flexibility index (Phi) is 5.46. The quantitative estimate of drug-likeness (QED) is 0.782. The Bertz CT molecular complexity index is 512. The lowest BCUT2D eigenvalue weighted by Crippen LogP contribution is -2.44. The molecule has 1 aromatic carbocycles. The third-order valence-corrected chi connectivity index (χ3v) is 4.42. The second kappa shape index (κ2) is 6.65. The third-order valence-electron chi connectivity index (χ3n) is 2.69. The minimum absolute atomic E-state index is 0.285. The van der Waals surface area contributed by atoms with Crippen molar-refractivity contribution in [3.63, 3.8) is 0 Å². The zero-order valence-corrected chi connectivity index (χ0v) is 11.7. The standard InChI is InChI=1S/C12H18N2O4S/c1-3-14(4-2)19(17,18)13-11(12(15)16)10-8-6-5-7-9-10/h5-9,11,13H,3-4H2,1-2H3,(H,15,16). The van der Waals surface area contributed by atoms with Gasteiger partial charge in [-0.05, 0) is 5.56 Å². The van der Waals surface area contributed by atoms with E-state index in [1.165, 1.54) is 4.31 Å². The molecule has 0 fully saturated rings. The van der Waals surface area contributed by atoms with Crippen molar-refractivity contribution >= 4 is 16.2 Å². The maximum Gasteiger partial charge on any atom is 0.326 e. The molecule has 0 amide bonds. The number of nitrogens with zero attached hydrogens (tertiary/aromatic N) is 1. The molecule has 0 heterocycles. The van der Waals surface area contributed by atoms with Crippen LogP contribution in [-0.2, 0) is 15.0 Å². The Hall–Kier alpha value is -1.44. The fourth-order valence-electron chi connectivity index (χ4n) is 1.69. The number of hydrogen-bond acceptors (Lipinski definition) is 3. The number of benzene rings is 1. The summed E-state index contributed by atoms with van der Waals surface area (Å²) in [4.78, 5) is 11.2. The van der Waals surface area contributed by atoms with Gasteiger partial charge in [0, 0.05) is 13.1 Å². The minimum atomic E-state index is -3.81. The van der Waals surface area contributed by atoms with Crippen molar-refractivity contribution in [3.8, 4) is 0 Å². The van der Waals surface area contributed by atoms with Gasteiger partial charge in [-0.3, -0.25) is 4.79 Å². The van der Waals surface area contributed by atoms with E-state index in [2.05, 4.69) is 4.72 Å². The fraction of sp³-hybridized carbons (Fsp3) is 0.417. The maximum absolute atomic E-state index is 12.0. The molecule has 0 spiro atoms. The van der Waals surface area contributed by atoms with Crippen LogP contribution in [0.2, 0.25) is 0 Å². The van der Waals surface area contributed by atoms with Gasteiger partial charge in [-0.25, -0.2) is 0 Å². The minimum Gasteiger partial charge on any atom is -0.480 e. The van der Waals surface area contributed by atoms with Crippen LogP contribution in [0.1, 0.15) is 25.5 Å². The first kappa shape index (κ1) is 15.6. The molecule has 1 atom stereocenters. The van der Waals surface area contributed by atoms with Crippen LogP contribution >= 0.6 is 0 Å². The van der Waals surface area contributed by atoms with Crippen molar-refractivity contribution in [1.29, 1.82) is 0 Å². The number of hydrogen-bond donors (Lipinski definition) is 2. The molecular formula is C12H18N2O4S. The third kappa shape index (κ3) is 4.02. The largest absolute Gasteiger partial charge is 0.480 e. The van der Waals surface area contributed by atoms with Gasteiger partial charge in [-0.15, -0.1) is 0 Å². The molecule has 0 aliphatic heterocycles. The van der Waals surface area contributed by atoms with Crippen molar-refractivity contribution in [3.05, 3.63) is 35.9 Å². The average molecular weight is 286 g/mol. The van der Waals surface area contributed by atoms with Gasteiger partial charge in [-0.1, -0.05) is 44.2 Å². The summed E-state index contributed by atoms with van der Waals surface area (Å²) in [6.07, 6.45) is 0. The Morgan fingerprint density at radius 3 is 2.21 bits per heavy atom.